The number of rotatable bonds is 7. The average Bonchev–Trinajstić information content (AvgIpc) is 3.56. The SMILES string of the molecule is O=C(NCc1nn(CCN2CCCC2)c(=O)c2ccccc12)c1cc(-c2ccccc2)on1. The number of benzene rings is 2. The topological polar surface area (TPSA) is 93.3 Å². The van der Waals surface area contributed by atoms with Gasteiger partial charge in [0, 0.05) is 23.6 Å². The van der Waals surface area contributed by atoms with Gasteiger partial charge in [0.15, 0.2) is 11.5 Å². The number of nitrogens with zero attached hydrogens (tertiary/aromatic N) is 4. The second-order valence-corrected chi connectivity index (χ2v) is 8.19. The molecule has 0 atom stereocenters. The van der Waals surface area contributed by atoms with Crippen molar-refractivity contribution in [2.75, 3.05) is 19.6 Å². The summed E-state index contributed by atoms with van der Waals surface area (Å²) in [6.07, 6.45) is 2.40. The Bertz CT molecular complexity index is 1320. The maximum atomic E-state index is 13.0. The van der Waals surface area contributed by atoms with Gasteiger partial charge in [-0.15, -0.1) is 0 Å². The molecule has 4 aromatic rings. The molecule has 0 bridgehead atoms. The molecule has 1 saturated heterocycles. The molecule has 1 aliphatic heterocycles. The fourth-order valence-corrected chi connectivity index (χ4v) is 4.21. The van der Waals surface area contributed by atoms with Gasteiger partial charge >= 0.3 is 0 Å². The number of fused-ring (bicyclic) bond motifs is 1. The maximum Gasteiger partial charge on any atom is 0.274 e. The van der Waals surface area contributed by atoms with E-state index in [0.29, 0.717) is 23.4 Å². The minimum Gasteiger partial charge on any atom is -0.355 e. The van der Waals surface area contributed by atoms with Crippen LogP contribution in [0.2, 0.25) is 0 Å². The number of nitrogens with one attached hydrogen (secondary N) is 1. The first-order valence-electron chi connectivity index (χ1n) is 11.2. The van der Waals surface area contributed by atoms with Crippen molar-refractivity contribution in [2.45, 2.75) is 25.9 Å². The highest BCUT2D eigenvalue weighted by atomic mass is 16.5. The van der Waals surface area contributed by atoms with Gasteiger partial charge in [-0.3, -0.25) is 9.59 Å². The Morgan fingerprint density at radius 3 is 2.48 bits per heavy atom. The lowest BCUT2D eigenvalue weighted by Gasteiger charge is -2.16. The minimum atomic E-state index is -0.360. The van der Waals surface area contributed by atoms with E-state index in [1.54, 1.807) is 12.1 Å². The fraction of sp³-hybridized carbons (Fsp3) is 0.280. The third kappa shape index (κ3) is 4.56. The first-order valence-corrected chi connectivity index (χ1v) is 11.2. The van der Waals surface area contributed by atoms with E-state index in [1.165, 1.54) is 17.5 Å². The van der Waals surface area contributed by atoms with Crippen molar-refractivity contribution >= 4 is 16.7 Å². The van der Waals surface area contributed by atoms with Gasteiger partial charge in [0.1, 0.15) is 0 Å². The molecule has 0 unspecified atom stereocenters. The van der Waals surface area contributed by atoms with Gasteiger partial charge in [-0.25, -0.2) is 4.68 Å². The number of amides is 1. The number of hydrogen-bond acceptors (Lipinski definition) is 6. The molecule has 2 aromatic heterocycles. The molecule has 1 N–H and O–H groups in total. The van der Waals surface area contributed by atoms with Crippen LogP contribution < -0.4 is 10.9 Å². The first kappa shape index (κ1) is 21.1. The molecule has 2 aromatic carbocycles. The number of carbonyl (C=O) groups is 1. The Labute approximate surface area is 190 Å². The molecule has 5 rings (SSSR count). The molecule has 0 spiro atoms. The number of likely N-dealkylation sites (tertiary alicyclic amines) is 1. The van der Waals surface area contributed by atoms with Crippen LogP contribution in [0.25, 0.3) is 22.1 Å². The third-order valence-corrected chi connectivity index (χ3v) is 5.99. The summed E-state index contributed by atoms with van der Waals surface area (Å²) in [6, 6.07) is 18.5. The van der Waals surface area contributed by atoms with Gasteiger partial charge < -0.3 is 14.7 Å². The van der Waals surface area contributed by atoms with Crippen molar-refractivity contribution in [1.29, 1.82) is 0 Å². The number of carbonyl (C=O) groups excluding carboxylic acids is 1. The Balaban J connectivity index is 1.34. The molecule has 1 amide bonds. The van der Waals surface area contributed by atoms with Crippen LogP contribution >= 0.6 is 0 Å². The lowest BCUT2D eigenvalue weighted by Crippen LogP contribution is -2.32. The van der Waals surface area contributed by atoms with Gasteiger partial charge in [0.2, 0.25) is 0 Å². The van der Waals surface area contributed by atoms with Crippen molar-refractivity contribution in [2.24, 2.45) is 0 Å². The monoisotopic (exact) mass is 443 g/mol. The summed E-state index contributed by atoms with van der Waals surface area (Å²) in [7, 11) is 0. The molecule has 8 nitrogen and oxygen atoms in total. The summed E-state index contributed by atoms with van der Waals surface area (Å²) in [5.74, 6) is 0.168. The van der Waals surface area contributed by atoms with E-state index in [2.05, 4.69) is 20.5 Å². The molecular weight excluding hydrogens is 418 g/mol. The van der Waals surface area contributed by atoms with Crippen LogP contribution in [0.5, 0.6) is 0 Å². The van der Waals surface area contributed by atoms with Crippen LogP contribution in [0.1, 0.15) is 29.0 Å². The van der Waals surface area contributed by atoms with Crippen molar-refractivity contribution < 1.29 is 9.32 Å². The largest absolute Gasteiger partial charge is 0.355 e. The van der Waals surface area contributed by atoms with Gasteiger partial charge in [-0.2, -0.15) is 5.10 Å². The summed E-state index contributed by atoms with van der Waals surface area (Å²) in [6.45, 7) is 3.62. The highest BCUT2D eigenvalue weighted by Crippen LogP contribution is 2.20. The fourth-order valence-electron chi connectivity index (χ4n) is 4.21. The third-order valence-electron chi connectivity index (χ3n) is 5.99. The highest BCUT2D eigenvalue weighted by molar-refractivity contribution is 5.93. The smallest absolute Gasteiger partial charge is 0.274 e. The van der Waals surface area contributed by atoms with Crippen molar-refractivity contribution in [3.05, 3.63) is 82.4 Å². The standard InChI is InChI=1S/C25H25N5O3/c31-24(21-16-23(33-28-21)18-8-2-1-3-9-18)26-17-22-19-10-4-5-11-20(19)25(32)30(27-22)15-14-29-12-6-7-13-29/h1-5,8-11,16H,6-7,12-15,17H2,(H,26,31). The average molecular weight is 444 g/mol. The summed E-state index contributed by atoms with van der Waals surface area (Å²) < 4.78 is 6.85. The maximum absolute atomic E-state index is 13.0. The first-order chi connectivity index (χ1) is 16.2. The molecule has 3 heterocycles. The molecule has 8 heteroatoms. The van der Waals surface area contributed by atoms with E-state index in [4.69, 9.17) is 4.52 Å². The van der Waals surface area contributed by atoms with Gasteiger partial charge in [0.25, 0.3) is 11.5 Å². The minimum absolute atomic E-state index is 0.108. The van der Waals surface area contributed by atoms with Gasteiger partial charge in [-0.1, -0.05) is 53.7 Å². The Morgan fingerprint density at radius 1 is 0.970 bits per heavy atom. The van der Waals surface area contributed by atoms with Crippen LogP contribution in [0.4, 0.5) is 0 Å². The normalized spacial score (nSPS) is 14.1. The molecule has 168 valence electrons. The zero-order valence-electron chi connectivity index (χ0n) is 18.2. The molecule has 0 saturated carbocycles. The summed E-state index contributed by atoms with van der Waals surface area (Å²) >= 11 is 0. The van der Waals surface area contributed by atoms with Gasteiger partial charge in [0.05, 0.1) is 24.2 Å². The zero-order chi connectivity index (χ0) is 22.6. The highest BCUT2D eigenvalue weighted by Gasteiger charge is 2.17. The molecule has 0 radical (unpaired) electrons. The van der Waals surface area contributed by atoms with Crippen molar-refractivity contribution in [3.8, 4) is 11.3 Å². The molecule has 1 aliphatic rings. The van der Waals surface area contributed by atoms with E-state index < -0.39 is 0 Å². The predicted molar refractivity (Wildman–Crippen MR) is 125 cm³/mol. The van der Waals surface area contributed by atoms with E-state index >= 15 is 0 Å². The van der Waals surface area contributed by atoms with E-state index in [0.717, 1.165) is 30.6 Å². The Morgan fingerprint density at radius 2 is 1.70 bits per heavy atom. The Kier molecular flexibility index (Phi) is 5.99. The van der Waals surface area contributed by atoms with Crippen LogP contribution in [0.15, 0.2) is 70.0 Å². The molecular formula is C25H25N5O3. The number of hydrogen-bond donors (Lipinski definition) is 1. The zero-order valence-corrected chi connectivity index (χ0v) is 18.2. The Hall–Kier alpha value is -3.78. The van der Waals surface area contributed by atoms with Crippen molar-refractivity contribution in [1.82, 2.24) is 25.2 Å². The number of aromatic nitrogens is 3. The summed E-state index contributed by atoms with van der Waals surface area (Å²) in [5.41, 5.74) is 1.58. The lowest BCUT2D eigenvalue weighted by atomic mass is 10.1. The second-order valence-electron chi connectivity index (χ2n) is 8.19. The molecule has 1 fully saturated rings. The van der Waals surface area contributed by atoms with Crippen LogP contribution in [-0.2, 0) is 13.1 Å². The lowest BCUT2D eigenvalue weighted by molar-refractivity contribution is 0.0941. The summed E-state index contributed by atoms with van der Waals surface area (Å²) in [4.78, 5) is 28.0. The quantitative estimate of drug-likeness (QED) is 0.472. The molecule has 0 aliphatic carbocycles. The van der Waals surface area contributed by atoms with Gasteiger partial charge in [-0.05, 0) is 32.0 Å². The van der Waals surface area contributed by atoms with E-state index in [9.17, 15) is 9.59 Å². The molecule has 33 heavy (non-hydrogen) atoms. The van der Waals surface area contributed by atoms with E-state index in [-0.39, 0.29) is 23.7 Å². The van der Waals surface area contributed by atoms with E-state index in [1.807, 2.05) is 48.5 Å². The summed E-state index contributed by atoms with van der Waals surface area (Å²) in [5, 5.41) is 12.7. The van der Waals surface area contributed by atoms with Crippen LogP contribution in [-0.4, -0.2) is 45.4 Å². The van der Waals surface area contributed by atoms with Crippen LogP contribution in [0.3, 0.4) is 0 Å². The predicted octanol–water partition coefficient (Wildman–Crippen LogP) is 3.08. The van der Waals surface area contributed by atoms with Crippen LogP contribution in [0, 0.1) is 0 Å². The second kappa shape index (κ2) is 9.38. The van der Waals surface area contributed by atoms with Crippen molar-refractivity contribution in [3.63, 3.8) is 0 Å².